The Bertz CT molecular complexity index is 386. The lowest BCUT2D eigenvalue weighted by molar-refractivity contribution is -0.0160. The van der Waals surface area contributed by atoms with E-state index in [1.54, 1.807) is 0 Å². The van der Waals surface area contributed by atoms with Crippen molar-refractivity contribution in [2.45, 2.75) is 82.6 Å². The Balaban J connectivity index is 1.74. The van der Waals surface area contributed by atoms with Crippen molar-refractivity contribution in [3.05, 3.63) is 0 Å². The summed E-state index contributed by atoms with van der Waals surface area (Å²) in [4.78, 5) is 16.6. The predicted molar refractivity (Wildman–Crippen MR) is 93.7 cm³/mol. The number of amides is 2. The van der Waals surface area contributed by atoms with Crippen molar-refractivity contribution in [1.29, 1.82) is 0 Å². The Morgan fingerprint density at radius 3 is 2.22 bits per heavy atom. The molecule has 0 heterocycles. The molecule has 0 saturated heterocycles. The summed E-state index contributed by atoms with van der Waals surface area (Å²) in [5.41, 5.74) is 0.189. The van der Waals surface area contributed by atoms with Crippen LogP contribution in [-0.2, 0) is 4.74 Å². The molecule has 1 N–H and O–H groups in total. The fourth-order valence-electron chi connectivity index (χ4n) is 3.86. The number of hydrogen-bond acceptors (Lipinski definition) is 3. The Kier molecular flexibility index (Phi) is 6.32. The van der Waals surface area contributed by atoms with Gasteiger partial charge in [0.1, 0.15) is 0 Å². The largest absolute Gasteiger partial charge is 0.376 e. The summed E-state index contributed by atoms with van der Waals surface area (Å²) in [6.45, 7) is 4.99. The number of carbonyl (C=O) groups is 1. The zero-order valence-electron chi connectivity index (χ0n) is 15.6. The monoisotopic (exact) mass is 325 g/mol. The third-order valence-corrected chi connectivity index (χ3v) is 5.58. The number of hydrogen-bond donors (Lipinski definition) is 1. The van der Waals surface area contributed by atoms with Crippen LogP contribution in [-0.4, -0.2) is 67.3 Å². The van der Waals surface area contributed by atoms with E-state index in [4.69, 9.17) is 4.74 Å². The van der Waals surface area contributed by atoms with Crippen LogP contribution in [0.2, 0.25) is 0 Å². The van der Waals surface area contributed by atoms with Crippen molar-refractivity contribution in [2.75, 3.05) is 27.7 Å². The second-order valence-corrected chi connectivity index (χ2v) is 7.94. The van der Waals surface area contributed by atoms with Crippen molar-refractivity contribution in [1.82, 2.24) is 15.1 Å². The van der Waals surface area contributed by atoms with Gasteiger partial charge in [-0.25, -0.2) is 4.79 Å². The van der Waals surface area contributed by atoms with Gasteiger partial charge in [0.25, 0.3) is 0 Å². The molecule has 5 heteroatoms. The molecule has 0 aromatic rings. The molecule has 2 amide bonds. The summed E-state index contributed by atoms with van der Waals surface area (Å²) in [6.07, 6.45) is 8.46. The molecule has 134 valence electrons. The average molecular weight is 325 g/mol. The number of nitrogens with one attached hydrogen (secondary N) is 1. The third kappa shape index (κ3) is 4.83. The lowest BCUT2D eigenvalue weighted by Gasteiger charge is -2.49. The summed E-state index contributed by atoms with van der Waals surface area (Å²) < 4.78 is 5.88. The third-order valence-electron chi connectivity index (χ3n) is 5.58. The molecule has 0 bridgehead atoms. The van der Waals surface area contributed by atoms with Crippen molar-refractivity contribution in [3.63, 3.8) is 0 Å². The van der Waals surface area contributed by atoms with Crippen LogP contribution >= 0.6 is 0 Å². The van der Waals surface area contributed by atoms with Gasteiger partial charge in [-0.3, -0.25) is 0 Å². The van der Waals surface area contributed by atoms with E-state index >= 15 is 0 Å². The van der Waals surface area contributed by atoms with Crippen molar-refractivity contribution < 1.29 is 9.53 Å². The topological polar surface area (TPSA) is 44.8 Å². The molecule has 2 fully saturated rings. The Morgan fingerprint density at radius 1 is 1.17 bits per heavy atom. The van der Waals surface area contributed by atoms with Crippen LogP contribution in [0.3, 0.4) is 0 Å². The molecule has 2 aliphatic carbocycles. The average Bonchev–Trinajstić information content (AvgIpc) is 2.43. The fraction of sp³-hybridized carbons (Fsp3) is 0.944. The second kappa shape index (κ2) is 7.84. The highest BCUT2D eigenvalue weighted by Crippen LogP contribution is 2.36. The van der Waals surface area contributed by atoms with Crippen LogP contribution in [0.1, 0.15) is 58.8 Å². The summed E-state index contributed by atoms with van der Waals surface area (Å²) in [5.74, 6) is 0. The van der Waals surface area contributed by atoms with Crippen LogP contribution in [0.15, 0.2) is 0 Å². The Labute approximate surface area is 141 Å². The molecule has 2 aliphatic rings. The van der Waals surface area contributed by atoms with Gasteiger partial charge in [-0.1, -0.05) is 0 Å². The number of urea groups is 1. The van der Waals surface area contributed by atoms with Gasteiger partial charge >= 0.3 is 6.03 Å². The molecule has 0 aliphatic heterocycles. The normalized spacial score (nSPS) is 26.9. The first-order chi connectivity index (χ1) is 10.8. The van der Waals surface area contributed by atoms with E-state index in [-0.39, 0.29) is 11.6 Å². The van der Waals surface area contributed by atoms with E-state index in [0.29, 0.717) is 18.2 Å². The highest BCUT2D eigenvalue weighted by molar-refractivity contribution is 5.74. The van der Waals surface area contributed by atoms with Gasteiger partial charge in [0, 0.05) is 25.2 Å². The molecule has 5 nitrogen and oxygen atoms in total. The first-order valence-corrected chi connectivity index (χ1v) is 9.17. The molecule has 0 atom stereocenters. The van der Waals surface area contributed by atoms with Crippen LogP contribution < -0.4 is 5.32 Å². The summed E-state index contributed by atoms with van der Waals surface area (Å²) >= 11 is 0. The lowest BCUT2D eigenvalue weighted by atomic mass is 9.75. The quantitative estimate of drug-likeness (QED) is 0.817. The van der Waals surface area contributed by atoms with Gasteiger partial charge < -0.3 is 19.9 Å². The van der Waals surface area contributed by atoms with Crippen molar-refractivity contribution in [2.24, 2.45) is 0 Å². The summed E-state index contributed by atoms with van der Waals surface area (Å²) in [7, 11) is 6.17. The molecular weight excluding hydrogens is 290 g/mol. The van der Waals surface area contributed by atoms with Gasteiger partial charge in [-0.15, -0.1) is 0 Å². The zero-order chi connectivity index (χ0) is 17.0. The van der Waals surface area contributed by atoms with Gasteiger partial charge in [0.05, 0.1) is 12.2 Å². The van der Waals surface area contributed by atoms with E-state index in [9.17, 15) is 4.79 Å². The maximum absolute atomic E-state index is 12.5. The van der Waals surface area contributed by atoms with Crippen molar-refractivity contribution >= 4 is 6.03 Å². The van der Waals surface area contributed by atoms with Gasteiger partial charge in [0.2, 0.25) is 0 Å². The van der Waals surface area contributed by atoms with E-state index < -0.39 is 0 Å². The van der Waals surface area contributed by atoms with Gasteiger partial charge in [-0.2, -0.15) is 0 Å². The first-order valence-electron chi connectivity index (χ1n) is 9.17. The van der Waals surface area contributed by atoms with Crippen LogP contribution in [0.4, 0.5) is 4.79 Å². The standard InChI is InChI=1S/C18H35N3O2/c1-14(2)23-16-9-7-15(8-10-16)19-17(22)21(5)13-18(20(3)4)11-6-12-18/h14-16H,6-13H2,1-5H3,(H,19,22). The predicted octanol–water partition coefficient (Wildman–Crippen LogP) is 2.85. The minimum atomic E-state index is 0.0753. The van der Waals surface area contributed by atoms with Gasteiger partial charge in [0.15, 0.2) is 0 Å². The maximum Gasteiger partial charge on any atom is 0.317 e. The van der Waals surface area contributed by atoms with Gasteiger partial charge in [-0.05, 0) is 72.9 Å². The molecule has 23 heavy (non-hydrogen) atoms. The Morgan fingerprint density at radius 2 is 1.78 bits per heavy atom. The first kappa shape index (κ1) is 18.5. The minimum absolute atomic E-state index is 0.0753. The van der Waals surface area contributed by atoms with Crippen LogP contribution in [0, 0.1) is 0 Å². The number of likely N-dealkylation sites (N-methyl/N-ethyl adjacent to an activating group) is 2. The summed E-state index contributed by atoms with van der Waals surface area (Å²) in [6, 6.07) is 0.375. The molecular formula is C18H35N3O2. The van der Waals surface area contributed by atoms with E-state index in [2.05, 4.69) is 38.2 Å². The second-order valence-electron chi connectivity index (χ2n) is 7.94. The molecule has 0 aromatic heterocycles. The highest BCUT2D eigenvalue weighted by atomic mass is 16.5. The summed E-state index contributed by atoms with van der Waals surface area (Å²) in [5, 5.41) is 3.22. The van der Waals surface area contributed by atoms with E-state index in [0.717, 1.165) is 32.2 Å². The highest BCUT2D eigenvalue weighted by Gasteiger charge is 2.40. The number of nitrogens with zero attached hydrogens (tertiary/aromatic N) is 2. The minimum Gasteiger partial charge on any atom is -0.376 e. The molecule has 0 aromatic carbocycles. The Hall–Kier alpha value is -0.810. The van der Waals surface area contributed by atoms with Crippen molar-refractivity contribution in [3.8, 4) is 0 Å². The van der Waals surface area contributed by atoms with E-state index in [1.165, 1.54) is 19.3 Å². The number of carbonyl (C=O) groups excluding carboxylic acids is 1. The molecule has 0 unspecified atom stereocenters. The number of ether oxygens (including phenoxy) is 1. The molecule has 2 rings (SSSR count). The molecule has 0 radical (unpaired) electrons. The number of rotatable bonds is 6. The lowest BCUT2D eigenvalue weighted by Crippen LogP contribution is -2.59. The maximum atomic E-state index is 12.5. The zero-order valence-corrected chi connectivity index (χ0v) is 15.6. The van der Waals surface area contributed by atoms with Crippen LogP contribution in [0.25, 0.3) is 0 Å². The SMILES string of the molecule is CC(C)OC1CCC(NC(=O)N(C)CC2(N(C)C)CCC2)CC1. The molecule has 2 saturated carbocycles. The molecule has 0 spiro atoms. The fourth-order valence-corrected chi connectivity index (χ4v) is 3.86. The smallest absolute Gasteiger partial charge is 0.317 e. The van der Waals surface area contributed by atoms with E-state index in [1.807, 2.05) is 11.9 Å². The van der Waals surface area contributed by atoms with Crippen LogP contribution in [0.5, 0.6) is 0 Å².